The molecule has 2 aromatic rings. The molecule has 1 amide bonds. The number of nitrogens with zero attached hydrogens (tertiary/aromatic N) is 1. The highest BCUT2D eigenvalue weighted by molar-refractivity contribution is 7.80. The number of nitrogens with one attached hydrogen (secondary N) is 2. The molecule has 0 atom stereocenters. The number of hydrogen-bond acceptors (Lipinski definition) is 3. The lowest BCUT2D eigenvalue weighted by Gasteiger charge is -2.08. The molecular weight excluding hydrogens is 341 g/mol. The monoisotopic (exact) mass is 351 g/mol. The van der Waals surface area contributed by atoms with Gasteiger partial charge in [-0.2, -0.15) is 0 Å². The molecule has 1 heterocycles. The van der Waals surface area contributed by atoms with Gasteiger partial charge >= 0.3 is 0 Å². The van der Waals surface area contributed by atoms with Crippen LogP contribution < -0.4 is 10.6 Å². The first-order valence-electron chi connectivity index (χ1n) is 6.21. The van der Waals surface area contributed by atoms with Crippen LogP contribution in [0.4, 0.5) is 5.69 Å². The van der Waals surface area contributed by atoms with Crippen molar-refractivity contribution in [3.63, 3.8) is 0 Å². The second-order valence-corrected chi connectivity index (χ2v) is 5.37. The molecular formula is C15H11Cl2N3OS. The molecule has 112 valence electrons. The summed E-state index contributed by atoms with van der Waals surface area (Å²) in [7, 11) is 0. The predicted molar refractivity (Wildman–Crippen MR) is 94.1 cm³/mol. The van der Waals surface area contributed by atoms with E-state index in [9.17, 15) is 4.79 Å². The molecule has 0 saturated carbocycles. The van der Waals surface area contributed by atoms with Gasteiger partial charge in [0, 0.05) is 17.3 Å². The van der Waals surface area contributed by atoms with Gasteiger partial charge in [-0.05, 0) is 48.1 Å². The highest BCUT2D eigenvalue weighted by atomic mass is 35.5. The fraction of sp³-hybridized carbons (Fsp3) is 0. The minimum Gasteiger partial charge on any atom is -0.330 e. The largest absolute Gasteiger partial charge is 0.330 e. The molecule has 22 heavy (non-hydrogen) atoms. The lowest BCUT2D eigenvalue weighted by atomic mass is 10.2. The Bertz CT molecular complexity index is 717. The van der Waals surface area contributed by atoms with Gasteiger partial charge in [-0.15, -0.1) is 0 Å². The van der Waals surface area contributed by atoms with Gasteiger partial charge in [0.25, 0.3) is 0 Å². The molecule has 1 aromatic carbocycles. The maximum atomic E-state index is 11.8. The van der Waals surface area contributed by atoms with Gasteiger partial charge in [0.15, 0.2) is 10.3 Å². The van der Waals surface area contributed by atoms with Crippen LogP contribution in [0.25, 0.3) is 6.08 Å². The maximum absolute atomic E-state index is 11.8. The second-order valence-electron chi connectivity index (χ2n) is 4.17. The van der Waals surface area contributed by atoms with Crippen molar-refractivity contribution in [3.8, 4) is 0 Å². The first-order valence-corrected chi connectivity index (χ1v) is 7.37. The molecule has 0 fully saturated rings. The molecule has 2 N–H and O–H groups in total. The van der Waals surface area contributed by atoms with E-state index in [4.69, 9.17) is 35.4 Å². The van der Waals surface area contributed by atoms with Gasteiger partial charge in [-0.25, -0.2) is 4.98 Å². The molecule has 0 aliphatic rings. The van der Waals surface area contributed by atoms with E-state index in [2.05, 4.69) is 15.6 Å². The maximum Gasteiger partial charge on any atom is 0.250 e. The number of hydrogen-bond donors (Lipinski definition) is 2. The third kappa shape index (κ3) is 5.11. The molecule has 0 aliphatic carbocycles. The van der Waals surface area contributed by atoms with E-state index in [1.54, 1.807) is 48.7 Å². The van der Waals surface area contributed by atoms with E-state index in [1.807, 2.05) is 0 Å². The summed E-state index contributed by atoms with van der Waals surface area (Å²) in [6.07, 6.45) is 4.59. The van der Waals surface area contributed by atoms with Crippen LogP contribution in [-0.2, 0) is 4.79 Å². The molecule has 7 heteroatoms. The van der Waals surface area contributed by atoms with Crippen molar-refractivity contribution in [2.24, 2.45) is 0 Å². The van der Waals surface area contributed by atoms with Crippen LogP contribution in [0, 0.1) is 0 Å². The molecule has 0 unspecified atom stereocenters. The fourth-order valence-electron chi connectivity index (χ4n) is 1.53. The number of rotatable bonds is 3. The van der Waals surface area contributed by atoms with E-state index < -0.39 is 0 Å². The Morgan fingerprint density at radius 2 is 1.91 bits per heavy atom. The van der Waals surface area contributed by atoms with Crippen molar-refractivity contribution in [3.05, 3.63) is 64.4 Å². The van der Waals surface area contributed by atoms with Gasteiger partial charge in [-0.1, -0.05) is 35.3 Å². The third-order valence-corrected chi connectivity index (χ3v) is 3.30. The Balaban J connectivity index is 1.90. The normalized spacial score (nSPS) is 10.5. The summed E-state index contributed by atoms with van der Waals surface area (Å²) in [5, 5.41) is 6.37. The molecule has 1 aromatic heterocycles. The Kier molecular flexibility index (Phi) is 5.89. The zero-order chi connectivity index (χ0) is 15.9. The highest BCUT2D eigenvalue weighted by Crippen LogP contribution is 2.17. The van der Waals surface area contributed by atoms with Crippen molar-refractivity contribution in [1.29, 1.82) is 0 Å². The van der Waals surface area contributed by atoms with Crippen LogP contribution in [-0.4, -0.2) is 16.0 Å². The standard InChI is InChI=1S/C15H11Cl2N3OS/c16-11-6-3-10(4-7-11)5-8-13(21)20-15(22)19-12-2-1-9-18-14(12)17/h1-9H,(H2,19,20,21,22)/b8-5+. The zero-order valence-electron chi connectivity index (χ0n) is 11.2. The lowest BCUT2D eigenvalue weighted by Crippen LogP contribution is -2.32. The van der Waals surface area contributed by atoms with Crippen molar-refractivity contribution >= 4 is 58.2 Å². The number of benzene rings is 1. The van der Waals surface area contributed by atoms with Crippen LogP contribution in [0.5, 0.6) is 0 Å². The van der Waals surface area contributed by atoms with E-state index in [-0.39, 0.29) is 16.2 Å². The quantitative estimate of drug-likeness (QED) is 0.500. The van der Waals surface area contributed by atoms with Gasteiger partial charge in [0.05, 0.1) is 5.69 Å². The minimum atomic E-state index is -0.354. The van der Waals surface area contributed by atoms with Gasteiger partial charge < -0.3 is 5.32 Å². The van der Waals surface area contributed by atoms with Crippen LogP contribution in [0.15, 0.2) is 48.7 Å². The van der Waals surface area contributed by atoms with Crippen LogP contribution >= 0.6 is 35.4 Å². The summed E-state index contributed by atoms with van der Waals surface area (Å²) in [6, 6.07) is 10.5. The fourth-order valence-corrected chi connectivity index (χ4v) is 2.04. The molecule has 0 saturated heterocycles. The van der Waals surface area contributed by atoms with E-state index in [1.165, 1.54) is 6.08 Å². The number of thiocarbonyl (C=S) groups is 1. The van der Waals surface area contributed by atoms with E-state index in [0.717, 1.165) is 5.56 Å². The molecule has 0 bridgehead atoms. The summed E-state index contributed by atoms with van der Waals surface area (Å²) in [5.41, 5.74) is 1.38. The van der Waals surface area contributed by atoms with Crippen LogP contribution in [0.2, 0.25) is 10.2 Å². The van der Waals surface area contributed by atoms with Crippen molar-refractivity contribution in [1.82, 2.24) is 10.3 Å². The number of carbonyl (C=O) groups excluding carboxylic acids is 1. The molecule has 4 nitrogen and oxygen atoms in total. The SMILES string of the molecule is O=C(/C=C/c1ccc(Cl)cc1)NC(=S)Nc1cccnc1Cl. The lowest BCUT2D eigenvalue weighted by molar-refractivity contribution is -0.115. The Hall–Kier alpha value is -1.95. The van der Waals surface area contributed by atoms with Crippen LogP contribution in [0.3, 0.4) is 0 Å². The van der Waals surface area contributed by atoms with Gasteiger partial charge in [0.1, 0.15) is 0 Å². The number of anilines is 1. The van der Waals surface area contributed by atoms with Crippen molar-refractivity contribution < 1.29 is 4.79 Å². The number of halogens is 2. The topological polar surface area (TPSA) is 54.0 Å². The van der Waals surface area contributed by atoms with Crippen LogP contribution in [0.1, 0.15) is 5.56 Å². The molecule has 0 spiro atoms. The number of amides is 1. The first-order chi connectivity index (χ1) is 10.5. The molecule has 0 aliphatic heterocycles. The van der Waals surface area contributed by atoms with Gasteiger partial charge in [0.2, 0.25) is 5.91 Å². The average molecular weight is 352 g/mol. The van der Waals surface area contributed by atoms with Crippen molar-refractivity contribution in [2.75, 3.05) is 5.32 Å². The summed E-state index contributed by atoms with van der Waals surface area (Å²) in [5.74, 6) is -0.354. The summed E-state index contributed by atoms with van der Waals surface area (Å²) >= 11 is 16.7. The summed E-state index contributed by atoms with van der Waals surface area (Å²) in [6.45, 7) is 0. The second kappa shape index (κ2) is 7.89. The zero-order valence-corrected chi connectivity index (χ0v) is 13.5. The predicted octanol–water partition coefficient (Wildman–Crippen LogP) is 3.91. The first kappa shape index (κ1) is 16.4. The Morgan fingerprint density at radius 3 is 2.59 bits per heavy atom. The van der Waals surface area contributed by atoms with E-state index >= 15 is 0 Å². The third-order valence-electron chi connectivity index (χ3n) is 2.54. The molecule has 0 radical (unpaired) electrons. The van der Waals surface area contributed by atoms with Gasteiger partial charge in [-0.3, -0.25) is 10.1 Å². The Morgan fingerprint density at radius 1 is 1.18 bits per heavy atom. The van der Waals surface area contributed by atoms with E-state index in [0.29, 0.717) is 10.7 Å². The number of pyridine rings is 1. The highest BCUT2D eigenvalue weighted by Gasteiger charge is 2.04. The van der Waals surface area contributed by atoms with Crippen molar-refractivity contribution in [2.45, 2.75) is 0 Å². The smallest absolute Gasteiger partial charge is 0.250 e. The average Bonchev–Trinajstić information content (AvgIpc) is 2.49. The number of aromatic nitrogens is 1. The molecule has 2 rings (SSSR count). The summed E-state index contributed by atoms with van der Waals surface area (Å²) < 4.78 is 0. The Labute approximate surface area is 143 Å². The summed E-state index contributed by atoms with van der Waals surface area (Å²) in [4.78, 5) is 15.7. The number of carbonyl (C=O) groups is 1. The minimum absolute atomic E-state index is 0.139.